The standard InChI is InChI=1S/C17H25NO2/c1-3-10-18-16(15-8-7-12(2)20-15)14-6-4-5-13-9-11-19-17(13)14/h4-6,12,15-16,18H,3,7-11H2,1-2H3. The molecule has 3 nitrogen and oxygen atoms in total. The molecule has 0 radical (unpaired) electrons. The summed E-state index contributed by atoms with van der Waals surface area (Å²) in [6, 6.07) is 6.79. The average Bonchev–Trinajstić information content (AvgIpc) is 3.08. The van der Waals surface area contributed by atoms with Gasteiger partial charge in [0.05, 0.1) is 24.9 Å². The van der Waals surface area contributed by atoms with Crippen molar-refractivity contribution in [2.24, 2.45) is 0 Å². The van der Waals surface area contributed by atoms with Gasteiger partial charge in [-0.25, -0.2) is 0 Å². The summed E-state index contributed by atoms with van der Waals surface area (Å²) in [4.78, 5) is 0. The molecule has 20 heavy (non-hydrogen) atoms. The first-order valence-electron chi connectivity index (χ1n) is 7.93. The number of ether oxygens (including phenoxy) is 2. The smallest absolute Gasteiger partial charge is 0.127 e. The third kappa shape index (κ3) is 2.70. The van der Waals surface area contributed by atoms with Crippen LogP contribution in [-0.2, 0) is 11.2 Å². The highest BCUT2D eigenvalue weighted by Gasteiger charge is 2.33. The molecule has 3 heteroatoms. The number of para-hydroxylation sites is 1. The first-order valence-corrected chi connectivity index (χ1v) is 7.93. The second-order valence-electron chi connectivity index (χ2n) is 5.93. The summed E-state index contributed by atoms with van der Waals surface area (Å²) >= 11 is 0. The maximum Gasteiger partial charge on any atom is 0.127 e. The summed E-state index contributed by atoms with van der Waals surface area (Å²) in [5.74, 6) is 1.10. The molecule has 3 unspecified atom stereocenters. The molecule has 1 saturated heterocycles. The van der Waals surface area contributed by atoms with Crippen LogP contribution in [0.5, 0.6) is 5.75 Å². The van der Waals surface area contributed by atoms with Gasteiger partial charge in [0, 0.05) is 12.0 Å². The monoisotopic (exact) mass is 275 g/mol. The molecule has 0 amide bonds. The lowest BCUT2D eigenvalue weighted by Gasteiger charge is -2.26. The minimum Gasteiger partial charge on any atom is -0.493 e. The molecule has 0 saturated carbocycles. The van der Waals surface area contributed by atoms with Gasteiger partial charge in [-0.1, -0.05) is 25.1 Å². The van der Waals surface area contributed by atoms with Crippen molar-refractivity contribution in [3.8, 4) is 5.75 Å². The lowest BCUT2D eigenvalue weighted by Crippen LogP contribution is -2.33. The van der Waals surface area contributed by atoms with Gasteiger partial charge in [0.1, 0.15) is 5.75 Å². The highest BCUT2D eigenvalue weighted by Crippen LogP contribution is 2.38. The maximum absolute atomic E-state index is 6.12. The van der Waals surface area contributed by atoms with Crippen LogP contribution in [0.1, 0.15) is 50.3 Å². The quantitative estimate of drug-likeness (QED) is 0.895. The SMILES string of the molecule is CCCNC(c1cccc2c1OCC2)C1CCC(C)O1. The molecule has 1 aromatic carbocycles. The molecule has 1 fully saturated rings. The largest absolute Gasteiger partial charge is 0.493 e. The molecule has 2 aliphatic heterocycles. The van der Waals surface area contributed by atoms with Crippen molar-refractivity contribution >= 4 is 0 Å². The van der Waals surface area contributed by atoms with Crippen LogP contribution >= 0.6 is 0 Å². The Morgan fingerprint density at radius 2 is 2.25 bits per heavy atom. The number of hydrogen-bond donors (Lipinski definition) is 1. The van der Waals surface area contributed by atoms with Crippen LogP contribution < -0.4 is 10.1 Å². The van der Waals surface area contributed by atoms with E-state index in [2.05, 4.69) is 37.4 Å². The van der Waals surface area contributed by atoms with E-state index in [4.69, 9.17) is 9.47 Å². The van der Waals surface area contributed by atoms with Crippen molar-refractivity contribution in [1.29, 1.82) is 0 Å². The lowest BCUT2D eigenvalue weighted by atomic mass is 9.96. The zero-order chi connectivity index (χ0) is 13.9. The Hall–Kier alpha value is -1.06. The molecule has 1 aromatic rings. The normalized spacial score (nSPS) is 26.3. The Morgan fingerprint density at radius 1 is 1.35 bits per heavy atom. The van der Waals surface area contributed by atoms with E-state index in [1.165, 1.54) is 11.1 Å². The number of rotatable bonds is 5. The van der Waals surface area contributed by atoms with Crippen LogP contribution in [0.3, 0.4) is 0 Å². The number of hydrogen-bond acceptors (Lipinski definition) is 3. The zero-order valence-corrected chi connectivity index (χ0v) is 12.5. The third-order valence-electron chi connectivity index (χ3n) is 4.33. The Bertz CT molecular complexity index is 460. The van der Waals surface area contributed by atoms with Crippen LogP contribution in [0.2, 0.25) is 0 Å². The number of fused-ring (bicyclic) bond motifs is 1. The molecular formula is C17H25NO2. The average molecular weight is 275 g/mol. The fourth-order valence-electron chi connectivity index (χ4n) is 3.31. The minimum atomic E-state index is 0.257. The predicted octanol–water partition coefficient (Wildman–Crippen LogP) is 3.23. The van der Waals surface area contributed by atoms with Gasteiger partial charge in [0.2, 0.25) is 0 Å². The Morgan fingerprint density at radius 3 is 3.00 bits per heavy atom. The molecule has 1 N–H and O–H groups in total. The van der Waals surface area contributed by atoms with Gasteiger partial charge < -0.3 is 14.8 Å². The number of nitrogens with one attached hydrogen (secondary N) is 1. The summed E-state index contributed by atoms with van der Waals surface area (Å²) in [6.07, 6.45) is 5.10. The fourth-order valence-corrected chi connectivity index (χ4v) is 3.31. The van der Waals surface area contributed by atoms with Crippen molar-refractivity contribution in [1.82, 2.24) is 5.32 Å². The first kappa shape index (κ1) is 13.9. The molecule has 0 bridgehead atoms. The highest BCUT2D eigenvalue weighted by atomic mass is 16.5. The minimum absolute atomic E-state index is 0.257. The van der Waals surface area contributed by atoms with Crippen molar-refractivity contribution in [3.63, 3.8) is 0 Å². The van der Waals surface area contributed by atoms with Crippen molar-refractivity contribution in [2.75, 3.05) is 13.2 Å². The summed E-state index contributed by atoms with van der Waals surface area (Å²) in [5, 5.41) is 3.67. The van der Waals surface area contributed by atoms with E-state index in [1.807, 2.05) is 0 Å². The van der Waals surface area contributed by atoms with Gasteiger partial charge in [0.15, 0.2) is 0 Å². The molecule has 0 aliphatic carbocycles. The Kier molecular flexibility index (Phi) is 4.27. The maximum atomic E-state index is 6.12. The third-order valence-corrected chi connectivity index (χ3v) is 4.33. The fraction of sp³-hybridized carbons (Fsp3) is 0.647. The van der Waals surface area contributed by atoms with Crippen molar-refractivity contribution < 1.29 is 9.47 Å². The number of benzene rings is 1. The second-order valence-corrected chi connectivity index (χ2v) is 5.93. The Balaban J connectivity index is 1.87. The van der Waals surface area contributed by atoms with E-state index < -0.39 is 0 Å². The molecule has 2 heterocycles. The predicted molar refractivity (Wildman–Crippen MR) is 80.2 cm³/mol. The molecule has 0 aromatic heterocycles. The molecule has 3 rings (SSSR count). The van der Waals surface area contributed by atoms with Crippen molar-refractivity contribution in [3.05, 3.63) is 29.3 Å². The van der Waals surface area contributed by atoms with E-state index in [0.29, 0.717) is 6.10 Å². The molecule has 3 atom stereocenters. The van der Waals surface area contributed by atoms with E-state index in [0.717, 1.165) is 44.6 Å². The van der Waals surface area contributed by atoms with Gasteiger partial charge in [-0.05, 0) is 38.3 Å². The van der Waals surface area contributed by atoms with Crippen LogP contribution in [0.4, 0.5) is 0 Å². The lowest BCUT2D eigenvalue weighted by molar-refractivity contribution is 0.0311. The molecular weight excluding hydrogens is 250 g/mol. The van der Waals surface area contributed by atoms with Gasteiger partial charge in [-0.3, -0.25) is 0 Å². The highest BCUT2D eigenvalue weighted by molar-refractivity contribution is 5.46. The first-order chi connectivity index (χ1) is 9.79. The van der Waals surface area contributed by atoms with E-state index in [-0.39, 0.29) is 12.1 Å². The van der Waals surface area contributed by atoms with Crippen LogP contribution in [0, 0.1) is 0 Å². The van der Waals surface area contributed by atoms with Gasteiger partial charge in [-0.15, -0.1) is 0 Å². The van der Waals surface area contributed by atoms with Gasteiger partial charge in [0.25, 0.3) is 0 Å². The molecule has 110 valence electrons. The van der Waals surface area contributed by atoms with E-state index in [1.54, 1.807) is 0 Å². The summed E-state index contributed by atoms with van der Waals surface area (Å²) in [5.41, 5.74) is 2.63. The van der Waals surface area contributed by atoms with Gasteiger partial charge >= 0.3 is 0 Å². The van der Waals surface area contributed by atoms with E-state index >= 15 is 0 Å². The summed E-state index contributed by atoms with van der Waals surface area (Å²) in [7, 11) is 0. The Labute approximate surface area is 121 Å². The van der Waals surface area contributed by atoms with E-state index in [9.17, 15) is 0 Å². The van der Waals surface area contributed by atoms with Crippen LogP contribution in [0.15, 0.2) is 18.2 Å². The van der Waals surface area contributed by atoms with Crippen LogP contribution in [-0.4, -0.2) is 25.4 Å². The zero-order valence-electron chi connectivity index (χ0n) is 12.5. The van der Waals surface area contributed by atoms with Gasteiger partial charge in [-0.2, -0.15) is 0 Å². The molecule has 0 spiro atoms. The summed E-state index contributed by atoms with van der Waals surface area (Å²) in [6.45, 7) is 6.20. The second kappa shape index (κ2) is 6.15. The topological polar surface area (TPSA) is 30.5 Å². The van der Waals surface area contributed by atoms with Crippen LogP contribution in [0.25, 0.3) is 0 Å². The molecule has 2 aliphatic rings. The summed E-state index contributed by atoms with van der Waals surface area (Å²) < 4.78 is 12.0. The van der Waals surface area contributed by atoms with Crippen molar-refractivity contribution in [2.45, 2.75) is 57.8 Å².